The number of nitrogens with two attached hydrogens (primary N) is 1. The van der Waals surface area contributed by atoms with Crippen molar-refractivity contribution in [1.29, 1.82) is 0 Å². The number of esters is 2. The fraction of sp³-hybridized carbons (Fsp3) is 0.595. The molecule has 2 unspecified atom stereocenters. The fourth-order valence-electron chi connectivity index (χ4n) is 5.43. The minimum atomic E-state index is -0.773. The molecule has 2 rings (SSSR count). The van der Waals surface area contributed by atoms with Crippen molar-refractivity contribution in [3.63, 3.8) is 0 Å². The number of hydrogen-bond donors (Lipinski definition) is 2. The van der Waals surface area contributed by atoms with E-state index in [0.717, 1.165) is 12.0 Å². The number of carbonyl (C=O) groups is 4. The van der Waals surface area contributed by atoms with Gasteiger partial charge in [-0.3, -0.25) is 19.2 Å². The maximum absolute atomic E-state index is 13.6. The Morgan fingerprint density at radius 3 is 2.31 bits per heavy atom. The molecule has 10 nitrogen and oxygen atoms in total. The van der Waals surface area contributed by atoms with Crippen LogP contribution in [0.5, 0.6) is 0 Å². The van der Waals surface area contributed by atoms with E-state index in [1.165, 1.54) is 17.4 Å². The van der Waals surface area contributed by atoms with Crippen LogP contribution >= 0.6 is 11.3 Å². The minimum absolute atomic E-state index is 0.0129. The minimum Gasteiger partial charge on any atom is -0.461 e. The van der Waals surface area contributed by atoms with Crippen LogP contribution in [0.2, 0.25) is 0 Å². The number of amides is 2. The van der Waals surface area contributed by atoms with Gasteiger partial charge in [0.1, 0.15) is 17.3 Å². The lowest BCUT2D eigenvalue weighted by Gasteiger charge is -2.35. The Morgan fingerprint density at radius 1 is 1.06 bits per heavy atom. The number of nitrogens with zero attached hydrogens (tertiary/aromatic N) is 2. The zero-order valence-electron chi connectivity index (χ0n) is 29.9. The van der Waals surface area contributed by atoms with Crippen LogP contribution in [0.4, 0.5) is 0 Å². The summed E-state index contributed by atoms with van der Waals surface area (Å²) in [7, 11) is 1.74. The highest BCUT2D eigenvalue weighted by atomic mass is 32.1. The number of aromatic nitrogens is 1. The second kappa shape index (κ2) is 20.1. The highest BCUT2D eigenvalue weighted by molar-refractivity contribution is 7.09. The first-order valence-corrected chi connectivity index (χ1v) is 17.9. The molecule has 6 atom stereocenters. The van der Waals surface area contributed by atoms with Gasteiger partial charge in [-0.2, -0.15) is 0 Å². The number of benzene rings is 1. The van der Waals surface area contributed by atoms with Crippen molar-refractivity contribution < 1.29 is 28.7 Å². The topological polar surface area (TPSA) is 141 Å². The van der Waals surface area contributed by atoms with Gasteiger partial charge < -0.3 is 25.4 Å². The van der Waals surface area contributed by atoms with Crippen molar-refractivity contribution in [2.45, 2.75) is 105 Å². The Kier molecular flexibility index (Phi) is 17.0. The van der Waals surface area contributed by atoms with Crippen molar-refractivity contribution in [1.82, 2.24) is 15.2 Å². The van der Waals surface area contributed by atoms with Gasteiger partial charge in [0.25, 0.3) is 5.91 Å². The molecule has 266 valence electrons. The summed E-state index contributed by atoms with van der Waals surface area (Å²) in [6.07, 6.45) is 2.91. The Balaban J connectivity index is 2.35. The maximum Gasteiger partial charge on any atom is 0.309 e. The molecule has 1 aromatic heterocycles. The zero-order valence-corrected chi connectivity index (χ0v) is 30.8. The number of ether oxygens (including phenoxy) is 2. The summed E-state index contributed by atoms with van der Waals surface area (Å²) in [6.45, 7) is 17.3. The van der Waals surface area contributed by atoms with E-state index in [0.29, 0.717) is 24.3 Å². The molecule has 1 aromatic carbocycles. The highest BCUT2D eigenvalue weighted by Gasteiger charge is 2.34. The second-order valence-electron chi connectivity index (χ2n) is 13.5. The highest BCUT2D eigenvalue weighted by Crippen LogP contribution is 2.31. The quantitative estimate of drug-likeness (QED) is 0.126. The first-order valence-electron chi connectivity index (χ1n) is 17.0. The lowest BCUT2D eigenvalue weighted by atomic mass is 9.93. The number of likely N-dealkylation sites (N-methyl/N-ethyl adjacent to an activating group) is 1. The van der Waals surface area contributed by atoms with E-state index in [9.17, 15) is 19.2 Å². The van der Waals surface area contributed by atoms with Crippen LogP contribution in [0.25, 0.3) is 0 Å². The lowest BCUT2D eigenvalue weighted by molar-refractivity contribution is -0.152. The van der Waals surface area contributed by atoms with E-state index in [2.05, 4.69) is 16.9 Å². The molecule has 2 amide bonds. The van der Waals surface area contributed by atoms with Gasteiger partial charge in [0.2, 0.25) is 5.91 Å². The van der Waals surface area contributed by atoms with Gasteiger partial charge >= 0.3 is 11.9 Å². The fourth-order valence-corrected chi connectivity index (χ4v) is 6.27. The van der Waals surface area contributed by atoms with Crippen LogP contribution in [-0.2, 0) is 30.3 Å². The molecule has 0 saturated carbocycles. The number of thiazole rings is 1. The molecular weight excluding hydrogens is 628 g/mol. The maximum atomic E-state index is 13.6. The first kappa shape index (κ1) is 40.6. The molecule has 0 aliphatic rings. The monoisotopic (exact) mass is 684 g/mol. The van der Waals surface area contributed by atoms with E-state index in [4.69, 9.17) is 15.2 Å². The van der Waals surface area contributed by atoms with Gasteiger partial charge in [-0.25, -0.2) is 4.98 Å². The largest absolute Gasteiger partial charge is 0.461 e. The smallest absolute Gasteiger partial charge is 0.309 e. The second-order valence-corrected chi connectivity index (χ2v) is 14.4. The summed E-state index contributed by atoms with van der Waals surface area (Å²) in [4.78, 5) is 58.7. The molecule has 0 radical (unpaired) electrons. The third-order valence-electron chi connectivity index (χ3n) is 8.54. The van der Waals surface area contributed by atoms with Crippen molar-refractivity contribution in [2.75, 3.05) is 13.7 Å². The summed E-state index contributed by atoms with van der Waals surface area (Å²) in [6, 6.07) is 8.39. The molecule has 1 heterocycles. The van der Waals surface area contributed by atoms with Crippen molar-refractivity contribution in [3.05, 3.63) is 64.6 Å². The zero-order chi connectivity index (χ0) is 36.0. The summed E-state index contributed by atoms with van der Waals surface area (Å²) in [5, 5.41) is 5.18. The molecular formula is C37H56N4O6S. The molecule has 0 spiro atoms. The van der Waals surface area contributed by atoms with Crippen molar-refractivity contribution >= 4 is 35.1 Å². The summed E-state index contributed by atoms with van der Waals surface area (Å²) in [5.74, 6) is -1.63. The van der Waals surface area contributed by atoms with Gasteiger partial charge in [-0.15, -0.1) is 11.3 Å². The molecule has 48 heavy (non-hydrogen) atoms. The Morgan fingerprint density at radius 2 is 1.73 bits per heavy atom. The Bertz CT molecular complexity index is 1330. The molecule has 3 N–H and O–H groups in total. The van der Waals surface area contributed by atoms with Gasteiger partial charge in [0, 0.05) is 37.4 Å². The van der Waals surface area contributed by atoms with Crippen LogP contribution in [0.15, 0.2) is 48.4 Å². The average molecular weight is 685 g/mol. The summed E-state index contributed by atoms with van der Waals surface area (Å²) < 4.78 is 11.2. The normalized spacial score (nSPS) is 15.1. The van der Waals surface area contributed by atoms with Gasteiger partial charge in [-0.1, -0.05) is 97.9 Å². The molecule has 11 heteroatoms. The SMILES string of the molecule is C=CCOC(=O)C(C)CC(Cc1ccccc1)NC(=O)c1csc([C@@H](C[C@H](C(C)C)N(C)C(=O)[C@@H](N)[C@@H](C)CC)OC(=O)CC(C)C)n1. The lowest BCUT2D eigenvalue weighted by Crippen LogP contribution is -2.51. The van der Waals surface area contributed by atoms with E-state index in [-0.39, 0.29) is 66.4 Å². The van der Waals surface area contributed by atoms with Crippen LogP contribution in [0.1, 0.15) is 101 Å². The number of nitrogens with one attached hydrogen (secondary N) is 1. The molecule has 0 bridgehead atoms. The third kappa shape index (κ3) is 12.8. The van der Waals surface area contributed by atoms with E-state index < -0.39 is 24.0 Å². The van der Waals surface area contributed by atoms with E-state index >= 15 is 0 Å². The first-order chi connectivity index (χ1) is 22.7. The van der Waals surface area contributed by atoms with Crippen LogP contribution in [0.3, 0.4) is 0 Å². The van der Waals surface area contributed by atoms with Crippen LogP contribution in [0, 0.1) is 23.7 Å². The van der Waals surface area contributed by atoms with Crippen LogP contribution < -0.4 is 11.1 Å². The van der Waals surface area contributed by atoms with Gasteiger partial charge in [-0.05, 0) is 36.2 Å². The average Bonchev–Trinajstić information content (AvgIpc) is 3.54. The molecule has 0 fully saturated rings. The van der Waals surface area contributed by atoms with Gasteiger partial charge in [0.05, 0.1) is 12.0 Å². The molecule has 0 aliphatic heterocycles. The molecule has 2 aromatic rings. The molecule has 0 aliphatic carbocycles. The van der Waals surface area contributed by atoms with Crippen molar-refractivity contribution in [2.24, 2.45) is 29.4 Å². The standard InChI is InChI=1S/C37H56N4O6S/c1-10-17-46-37(45)26(8)19-28(20-27-15-13-12-14-16-27)39-34(43)29-22-48-35(40-29)31(47-32(42)18-23(3)4)21-30(24(5)6)41(9)36(44)33(38)25(7)11-2/h10,12-16,22-26,28,30-31,33H,1,11,17-21,38H2,2-9H3,(H,39,43)/t25-,26?,28?,30+,31+,33-/m0/s1. The Labute approximate surface area is 290 Å². The predicted molar refractivity (Wildman–Crippen MR) is 190 cm³/mol. The summed E-state index contributed by atoms with van der Waals surface area (Å²) >= 11 is 1.23. The Hall–Kier alpha value is -3.57. The third-order valence-corrected chi connectivity index (χ3v) is 9.47. The van der Waals surface area contributed by atoms with Crippen molar-refractivity contribution in [3.8, 4) is 0 Å². The number of rotatable bonds is 20. The van der Waals surface area contributed by atoms with Gasteiger partial charge in [0.15, 0.2) is 6.10 Å². The number of carbonyl (C=O) groups excluding carboxylic acids is 4. The van der Waals surface area contributed by atoms with E-state index in [1.54, 1.807) is 24.3 Å². The van der Waals surface area contributed by atoms with Crippen LogP contribution in [-0.4, -0.2) is 65.4 Å². The predicted octanol–water partition coefficient (Wildman–Crippen LogP) is 6.12. The van der Waals surface area contributed by atoms with E-state index in [1.807, 2.05) is 71.9 Å². The summed E-state index contributed by atoms with van der Waals surface area (Å²) in [5.41, 5.74) is 7.52. The molecule has 0 saturated heterocycles. The number of hydrogen-bond acceptors (Lipinski definition) is 9.